The number of rotatable bonds is 4. The Kier molecular flexibility index (Phi) is 4.20. The van der Waals surface area contributed by atoms with Crippen LogP contribution in [-0.2, 0) is 10.0 Å². The molecule has 0 fully saturated rings. The third-order valence-electron chi connectivity index (χ3n) is 3.03. The second-order valence-corrected chi connectivity index (χ2v) is 6.42. The quantitative estimate of drug-likeness (QED) is 0.941. The van der Waals surface area contributed by atoms with Crippen LogP contribution < -0.4 is 4.72 Å². The Morgan fingerprint density at radius 1 is 1.00 bits per heavy atom. The van der Waals surface area contributed by atoms with Crippen LogP contribution >= 0.6 is 0 Å². The van der Waals surface area contributed by atoms with Gasteiger partial charge in [-0.1, -0.05) is 29.8 Å². The van der Waals surface area contributed by atoms with Gasteiger partial charge in [0.15, 0.2) is 0 Å². The summed E-state index contributed by atoms with van der Waals surface area (Å²) in [6.07, 6.45) is 0. The lowest BCUT2D eigenvalue weighted by atomic mass is 10.1. The van der Waals surface area contributed by atoms with Crippen LogP contribution in [0.2, 0.25) is 0 Å². The molecule has 1 unspecified atom stereocenters. The highest BCUT2D eigenvalue weighted by Gasteiger charge is 2.18. The maximum Gasteiger partial charge on any atom is 0.241 e. The maximum atomic E-state index is 12.8. The smallest absolute Gasteiger partial charge is 0.207 e. The first-order valence-corrected chi connectivity index (χ1v) is 7.71. The minimum Gasteiger partial charge on any atom is -0.207 e. The molecule has 0 saturated heterocycles. The van der Waals surface area contributed by atoms with Crippen LogP contribution in [-0.4, -0.2) is 8.42 Å². The Morgan fingerprint density at radius 3 is 2.10 bits per heavy atom. The molecule has 0 aliphatic heterocycles. The molecule has 20 heavy (non-hydrogen) atoms. The molecule has 1 N–H and O–H groups in total. The SMILES string of the molecule is Cc1ccc(C(C)NS(=O)(=O)c2ccc(F)cc2)cc1. The maximum absolute atomic E-state index is 12.8. The number of nitrogens with one attached hydrogen (secondary N) is 1. The first-order valence-electron chi connectivity index (χ1n) is 6.23. The van der Waals surface area contributed by atoms with Gasteiger partial charge in [0.1, 0.15) is 5.82 Å². The lowest BCUT2D eigenvalue weighted by molar-refractivity contribution is 0.566. The van der Waals surface area contributed by atoms with E-state index in [0.717, 1.165) is 23.3 Å². The summed E-state index contributed by atoms with van der Waals surface area (Å²) in [5.41, 5.74) is 1.99. The van der Waals surface area contributed by atoms with Gasteiger partial charge in [-0.25, -0.2) is 17.5 Å². The van der Waals surface area contributed by atoms with Crippen molar-refractivity contribution in [3.8, 4) is 0 Å². The van der Waals surface area contributed by atoms with Gasteiger partial charge in [0, 0.05) is 6.04 Å². The molecule has 2 aromatic carbocycles. The summed E-state index contributed by atoms with van der Waals surface area (Å²) < 4.78 is 39.7. The Balaban J connectivity index is 2.19. The number of sulfonamides is 1. The van der Waals surface area contributed by atoms with Crippen molar-refractivity contribution >= 4 is 10.0 Å². The molecule has 2 rings (SSSR count). The predicted octanol–water partition coefficient (Wildman–Crippen LogP) is 3.17. The zero-order chi connectivity index (χ0) is 14.8. The standard InChI is InChI=1S/C15H16FNO2S/c1-11-3-5-13(6-4-11)12(2)17-20(18,19)15-9-7-14(16)8-10-15/h3-10,12,17H,1-2H3. The van der Waals surface area contributed by atoms with Crippen molar-refractivity contribution in [3.63, 3.8) is 0 Å². The largest absolute Gasteiger partial charge is 0.241 e. The van der Waals surface area contributed by atoms with E-state index in [1.807, 2.05) is 31.2 Å². The average Bonchev–Trinajstić information content (AvgIpc) is 2.39. The van der Waals surface area contributed by atoms with Crippen LogP contribution in [0.15, 0.2) is 53.4 Å². The van der Waals surface area contributed by atoms with Gasteiger partial charge in [-0.15, -0.1) is 0 Å². The number of hydrogen-bond donors (Lipinski definition) is 1. The molecule has 0 spiro atoms. The van der Waals surface area contributed by atoms with Crippen LogP contribution in [0, 0.1) is 12.7 Å². The highest BCUT2D eigenvalue weighted by molar-refractivity contribution is 7.89. The Hall–Kier alpha value is -1.72. The molecule has 1 atom stereocenters. The molecule has 0 heterocycles. The summed E-state index contributed by atoms with van der Waals surface area (Å²) in [5.74, 6) is -0.462. The van der Waals surface area contributed by atoms with E-state index < -0.39 is 15.8 Å². The lowest BCUT2D eigenvalue weighted by Gasteiger charge is -2.15. The number of aryl methyl sites for hydroxylation is 1. The molecule has 0 radical (unpaired) electrons. The molecular formula is C15H16FNO2S. The molecule has 0 aromatic heterocycles. The molecule has 106 valence electrons. The monoisotopic (exact) mass is 293 g/mol. The topological polar surface area (TPSA) is 46.2 Å². The van der Waals surface area contributed by atoms with Crippen LogP contribution in [0.1, 0.15) is 24.1 Å². The van der Waals surface area contributed by atoms with Gasteiger partial charge in [0.2, 0.25) is 10.0 Å². The van der Waals surface area contributed by atoms with Crippen molar-refractivity contribution in [2.24, 2.45) is 0 Å². The lowest BCUT2D eigenvalue weighted by Crippen LogP contribution is -2.26. The second kappa shape index (κ2) is 5.73. The Labute approximate surface area is 118 Å². The molecule has 3 nitrogen and oxygen atoms in total. The van der Waals surface area contributed by atoms with Crippen LogP contribution in [0.3, 0.4) is 0 Å². The Bertz CT molecular complexity index is 679. The summed E-state index contributed by atoms with van der Waals surface area (Å²) in [4.78, 5) is 0.0536. The van der Waals surface area contributed by atoms with Gasteiger partial charge >= 0.3 is 0 Å². The van der Waals surface area contributed by atoms with Crippen molar-refractivity contribution in [1.29, 1.82) is 0 Å². The van der Waals surface area contributed by atoms with E-state index >= 15 is 0 Å². The van der Waals surface area contributed by atoms with Crippen LogP contribution in [0.5, 0.6) is 0 Å². The van der Waals surface area contributed by atoms with Crippen LogP contribution in [0.4, 0.5) is 4.39 Å². The van der Waals surface area contributed by atoms with Crippen molar-refractivity contribution < 1.29 is 12.8 Å². The van der Waals surface area contributed by atoms with E-state index in [1.165, 1.54) is 12.1 Å². The van der Waals surface area contributed by atoms with Gasteiger partial charge in [0.25, 0.3) is 0 Å². The van der Waals surface area contributed by atoms with E-state index in [9.17, 15) is 12.8 Å². The summed E-state index contributed by atoms with van der Waals surface area (Å²) in [5, 5.41) is 0. The highest BCUT2D eigenvalue weighted by Crippen LogP contribution is 2.17. The first-order chi connectivity index (χ1) is 9.38. The number of benzene rings is 2. The molecule has 0 saturated carbocycles. The zero-order valence-corrected chi connectivity index (χ0v) is 12.1. The van der Waals surface area contributed by atoms with E-state index in [4.69, 9.17) is 0 Å². The normalized spacial score (nSPS) is 13.2. The first kappa shape index (κ1) is 14.7. The van der Waals surface area contributed by atoms with Crippen molar-refractivity contribution in [1.82, 2.24) is 4.72 Å². The molecule has 5 heteroatoms. The van der Waals surface area contributed by atoms with Gasteiger partial charge in [-0.3, -0.25) is 0 Å². The number of hydrogen-bond acceptors (Lipinski definition) is 2. The summed E-state index contributed by atoms with van der Waals surface area (Å²) in [7, 11) is -3.65. The third kappa shape index (κ3) is 3.43. The van der Waals surface area contributed by atoms with Gasteiger partial charge in [0.05, 0.1) is 4.90 Å². The highest BCUT2D eigenvalue weighted by atomic mass is 32.2. The van der Waals surface area contributed by atoms with Gasteiger partial charge in [-0.2, -0.15) is 0 Å². The van der Waals surface area contributed by atoms with Crippen molar-refractivity contribution in [2.45, 2.75) is 24.8 Å². The third-order valence-corrected chi connectivity index (χ3v) is 4.59. The average molecular weight is 293 g/mol. The predicted molar refractivity (Wildman–Crippen MR) is 76.3 cm³/mol. The molecule has 0 bridgehead atoms. The van der Waals surface area contributed by atoms with E-state index in [1.54, 1.807) is 6.92 Å². The van der Waals surface area contributed by atoms with Gasteiger partial charge in [-0.05, 0) is 43.7 Å². The van der Waals surface area contributed by atoms with E-state index in [2.05, 4.69) is 4.72 Å². The second-order valence-electron chi connectivity index (χ2n) is 4.71. The fourth-order valence-corrected chi connectivity index (χ4v) is 3.07. The summed E-state index contributed by atoms with van der Waals surface area (Å²) >= 11 is 0. The fourth-order valence-electron chi connectivity index (χ4n) is 1.84. The molecular weight excluding hydrogens is 277 g/mol. The van der Waals surface area contributed by atoms with Gasteiger partial charge < -0.3 is 0 Å². The zero-order valence-electron chi connectivity index (χ0n) is 11.3. The van der Waals surface area contributed by atoms with E-state index in [-0.39, 0.29) is 10.9 Å². The molecule has 0 amide bonds. The summed E-state index contributed by atoms with van der Waals surface area (Å²) in [6, 6.07) is 12.0. The molecule has 0 aliphatic rings. The minimum absolute atomic E-state index is 0.0536. The fraction of sp³-hybridized carbons (Fsp3) is 0.200. The Morgan fingerprint density at radius 2 is 1.55 bits per heavy atom. The molecule has 2 aromatic rings. The minimum atomic E-state index is -3.65. The summed E-state index contributed by atoms with van der Waals surface area (Å²) in [6.45, 7) is 3.74. The molecule has 0 aliphatic carbocycles. The van der Waals surface area contributed by atoms with Crippen molar-refractivity contribution in [2.75, 3.05) is 0 Å². The van der Waals surface area contributed by atoms with Crippen LogP contribution in [0.25, 0.3) is 0 Å². The van der Waals surface area contributed by atoms with Crippen molar-refractivity contribution in [3.05, 3.63) is 65.5 Å². The van der Waals surface area contributed by atoms with E-state index in [0.29, 0.717) is 0 Å². The number of halogens is 1.